The Hall–Kier alpha value is -3.40. The Morgan fingerprint density at radius 2 is 2.00 bits per heavy atom. The topological polar surface area (TPSA) is 127 Å². The minimum absolute atomic E-state index is 0.248. The number of nitrogens with one attached hydrogen (secondary N) is 3. The number of thiazole rings is 1. The molecule has 2 aromatic heterocycles. The van der Waals surface area contributed by atoms with E-state index in [1.807, 2.05) is 5.38 Å². The summed E-state index contributed by atoms with van der Waals surface area (Å²) in [4.78, 5) is 24.5. The van der Waals surface area contributed by atoms with Crippen molar-refractivity contribution in [2.24, 2.45) is 0 Å². The Morgan fingerprint density at radius 3 is 2.76 bits per heavy atom. The highest BCUT2D eigenvalue weighted by Crippen LogP contribution is 2.26. The van der Waals surface area contributed by atoms with Gasteiger partial charge in [0, 0.05) is 11.6 Å². The molecule has 0 fully saturated rings. The number of para-hydroxylation sites is 1. The second-order valence-electron chi connectivity index (χ2n) is 4.73. The number of ether oxygens (including phenoxy) is 1. The SMILES string of the molecule is COc1ccccc1C(=O)NNc1ncnc(Nc2nccs2)c1N. The molecule has 0 saturated carbocycles. The first-order valence-corrected chi connectivity index (χ1v) is 8.03. The highest BCUT2D eigenvalue weighted by molar-refractivity contribution is 7.13. The van der Waals surface area contributed by atoms with Gasteiger partial charge in [0.15, 0.2) is 16.8 Å². The lowest BCUT2D eigenvalue weighted by Crippen LogP contribution is -2.30. The van der Waals surface area contributed by atoms with Crippen molar-refractivity contribution in [1.29, 1.82) is 0 Å². The molecule has 3 aromatic rings. The highest BCUT2D eigenvalue weighted by Gasteiger charge is 2.13. The molecule has 25 heavy (non-hydrogen) atoms. The monoisotopic (exact) mass is 357 g/mol. The first-order valence-electron chi connectivity index (χ1n) is 7.15. The Labute approximate surface area is 147 Å². The molecule has 0 radical (unpaired) electrons. The third-order valence-electron chi connectivity index (χ3n) is 3.19. The molecule has 9 nitrogen and oxygen atoms in total. The van der Waals surface area contributed by atoms with Crippen molar-refractivity contribution in [2.75, 3.05) is 23.6 Å². The summed E-state index contributed by atoms with van der Waals surface area (Å²) in [5, 5.41) is 5.46. The highest BCUT2D eigenvalue weighted by atomic mass is 32.1. The van der Waals surface area contributed by atoms with E-state index in [4.69, 9.17) is 10.5 Å². The average Bonchev–Trinajstić information content (AvgIpc) is 3.15. The van der Waals surface area contributed by atoms with Gasteiger partial charge in [-0.2, -0.15) is 0 Å². The van der Waals surface area contributed by atoms with Crippen LogP contribution in [0.5, 0.6) is 5.75 Å². The molecule has 10 heteroatoms. The van der Waals surface area contributed by atoms with E-state index in [1.165, 1.54) is 24.8 Å². The van der Waals surface area contributed by atoms with E-state index < -0.39 is 0 Å². The molecule has 2 heterocycles. The fourth-order valence-electron chi connectivity index (χ4n) is 2.00. The lowest BCUT2D eigenvalue weighted by atomic mass is 10.2. The average molecular weight is 357 g/mol. The Morgan fingerprint density at radius 1 is 1.20 bits per heavy atom. The number of nitrogens with two attached hydrogens (primary N) is 1. The third-order valence-corrected chi connectivity index (χ3v) is 3.88. The predicted octanol–water partition coefficient (Wildman–Crippen LogP) is 2.02. The minimum Gasteiger partial charge on any atom is -0.496 e. The summed E-state index contributed by atoms with van der Waals surface area (Å²) in [7, 11) is 1.50. The molecule has 5 N–H and O–H groups in total. The zero-order valence-electron chi connectivity index (χ0n) is 13.2. The number of anilines is 4. The van der Waals surface area contributed by atoms with Gasteiger partial charge in [-0.1, -0.05) is 12.1 Å². The van der Waals surface area contributed by atoms with Crippen LogP contribution in [0, 0.1) is 0 Å². The van der Waals surface area contributed by atoms with Gasteiger partial charge in [-0.15, -0.1) is 11.3 Å². The minimum atomic E-state index is -0.384. The summed E-state index contributed by atoms with van der Waals surface area (Å²) in [5.74, 6) is 0.727. The number of aromatic nitrogens is 3. The molecule has 0 aliphatic rings. The molecule has 0 bridgehead atoms. The maximum atomic E-state index is 12.3. The molecule has 0 unspecified atom stereocenters. The number of hydrogen-bond acceptors (Lipinski definition) is 9. The van der Waals surface area contributed by atoms with Crippen LogP contribution in [0.3, 0.4) is 0 Å². The third kappa shape index (κ3) is 3.75. The Balaban J connectivity index is 1.72. The van der Waals surface area contributed by atoms with Crippen molar-refractivity contribution in [2.45, 2.75) is 0 Å². The van der Waals surface area contributed by atoms with Crippen LogP contribution in [-0.4, -0.2) is 28.0 Å². The molecule has 0 atom stereocenters. The van der Waals surface area contributed by atoms with Gasteiger partial charge < -0.3 is 15.8 Å². The molecule has 3 rings (SSSR count). The first kappa shape index (κ1) is 16.5. The van der Waals surface area contributed by atoms with Crippen LogP contribution in [0.1, 0.15) is 10.4 Å². The second-order valence-corrected chi connectivity index (χ2v) is 5.62. The predicted molar refractivity (Wildman–Crippen MR) is 95.9 cm³/mol. The maximum Gasteiger partial charge on any atom is 0.273 e. The Kier molecular flexibility index (Phi) is 4.90. The van der Waals surface area contributed by atoms with Crippen molar-refractivity contribution in [3.63, 3.8) is 0 Å². The smallest absolute Gasteiger partial charge is 0.273 e. The fourth-order valence-corrected chi connectivity index (χ4v) is 2.52. The molecular formula is C15H15N7O2S. The first-order chi connectivity index (χ1) is 12.2. The number of hydrogen-bond donors (Lipinski definition) is 4. The zero-order chi connectivity index (χ0) is 17.6. The van der Waals surface area contributed by atoms with Crippen LogP contribution in [0.4, 0.5) is 22.5 Å². The number of carbonyl (C=O) groups is 1. The van der Waals surface area contributed by atoms with E-state index in [0.29, 0.717) is 22.3 Å². The van der Waals surface area contributed by atoms with Gasteiger partial charge in [0.2, 0.25) is 0 Å². The van der Waals surface area contributed by atoms with Crippen LogP contribution in [0.2, 0.25) is 0 Å². The van der Waals surface area contributed by atoms with Gasteiger partial charge in [-0.3, -0.25) is 15.6 Å². The lowest BCUT2D eigenvalue weighted by molar-refractivity contribution is 0.0959. The fraction of sp³-hybridized carbons (Fsp3) is 0.0667. The molecule has 1 amide bonds. The van der Waals surface area contributed by atoms with Crippen molar-refractivity contribution >= 4 is 39.7 Å². The number of hydrazine groups is 1. The summed E-state index contributed by atoms with van der Waals surface area (Å²) in [6.45, 7) is 0. The van der Waals surface area contributed by atoms with Crippen molar-refractivity contribution in [1.82, 2.24) is 20.4 Å². The summed E-state index contributed by atoms with van der Waals surface area (Å²) >= 11 is 1.41. The van der Waals surface area contributed by atoms with Crippen LogP contribution in [-0.2, 0) is 0 Å². The molecule has 128 valence electrons. The number of carbonyl (C=O) groups excluding carboxylic acids is 1. The number of methoxy groups -OCH3 is 1. The molecule has 0 spiro atoms. The van der Waals surface area contributed by atoms with E-state index in [1.54, 1.807) is 30.5 Å². The Bertz CT molecular complexity index is 870. The van der Waals surface area contributed by atoms with Gasteiger partial charge in [0.1, 0.15) is 17.8 Å². The number of rotatable bonds is 6. The van der Waals surface area contributed by atoms with Crippen molar-refractivity contribution in [3.05, 3.63) is 47.7 Å². The summed E-state index contributed by atoms with van der Waals surface area (Å²) < 4.78 is 5.17. The van der Waals surface area contributed by atoms with Crippen molar-refractivity contribution in [3.8, 4) is 5.75 Å². The summed E-state index contributed by atoms with van der Waals surface area (Å²) in [6, 6.07) is 6.87. The van der Waals surface area contributed by atoms with Gasteiger partial charge in [0.25, 0.3) is 5.91 Å². The normalized spacial score (nSPS) is 10.1. The number of amides is 1. The van der Waals surface area contributed by atoms with E-state index in [9.17, 15) is 4.79 Å². The van der Waals surface area contributed by atoms with Crippen molar-refractivity contribution < 1.29 is 9.53 Å². The molecular weight excluding hydrogens is 342 g/mol. The second kappa shape index (κ2) is 7.45. The van der Waals surface area contributed by atoms with Gasteiger partial charge >= 0.3 is 0 Å². The molecule has 0 aliphatic heterocycles. The summed E-state index contributed by atoms with van der Waals surface area (Å²) in [6.07, 6.45) is 2.99. The summed E-state index contributed by atoms with van der Waals surface area (Å²) in [5.41, 5.74) is 11.9. The van der Waals surface area contributed by atoms with Crippen LogP contribution >= 0.6 is 11.3 Å². The lowest BCUT2D eigenvalue weighted by Gasteiger charge is -2.13. The maximum absolute atomic E-state index is 12.3. The van der Waals surface area contributed by atoms with E-state index in [2.05, 4.69) is 31.1 Å². The van der Waals surface area contributed by atoms with Crippen LogP contribution in [0.25, 0.3) is 0 Å². The van der Waals surface area contributed by atoms with Gasteiger partial charge in [-0.05, 0) is 12.1 Å². The van der Waals surface area contributed by atoms with Gasteiger partial charge in [-0.25, -0.2) is 15.0 Å². The standard InChI is InChI=1S/C15H15N7O2S/c1-24-10-5-3-2-4-9(10)14(23)22-21-13-11(16)12(18-8-19-13)20-15-17-6-7-25-15/h2-8H,16H2,1H3,(H,22,23)(H2,17,18,19,20,21). The van der Waals surface area contributed by atoms with Crippen LogP contribution < -0.4 is 26.6 Å². The number of benzene rings is 1. The quantitative estimate of drug-likeness (QED) is 0.494. The number of nitrogen functional groups attached to an aromatic ring is 1. The molecule has 0 saturated heterocycles. The van der Waals surface area contributed by atoms with E-state index in [0.717, 1.165) is 0 Å². The largest absolute Gasteiger partial charge is 0.496 e. The van der Waals surface area contributed by atoms with E-state index in [-0.39, 0.29) is 17.4 Å². The van der Waals surface area contributed by atoms with E-state index >= 15 is 0 Å². The molecule has 1 aromatic carbocycles. The number of nitrogens with zero attached hydrogens (tertiary/aromatic N) is 3. The molecule has 0 aliphatic carbocycles. The van der Waals surface area contributed by atoms with Crippen LogP contribution in [0.15, 0.2) is 42.2 Å². The van der Waals surface area contributed by atoms with Gasteiger partial charge in [0.05, 0.1) is 12.7 Å². The zero-order valence-corrected chi connectivity index (χ0v) is 14.0.